The van der Waals surface area contributed by atoms with Crippen molar-refractivity contribution in [1.82, 2.24) is 9.55 Å². The SMILES string of the molecule is C[C@H]1c2c(n(-c3ccccn3)c3ccc(C#N)cc23)CC1N. The predicted molar refractivity (Wildman–Crippen MR) is 85.9 cm³/mol. The normalized spacial score (nSPS) is 20.0. The fourth-order valence-electron chi connectivity index (χ4n) is 3.51. The molecule has 2 atom stereocenters. The first-order valence-corrected chi connectivity index (χ1v) is 7.45. The Bertz CT molecular complexity index is 902. The number of hydrogen-bond acceptors (Lipinski definition) is 3. The number of nitriles is 1. The Labute approximate surface area is 128 Å². The van der Waals surface area contributed by atoms with Crippen molar-refractivity contribution in [3.63, 3.8) is 0 Å². The molecular weight excluding hydrogens is 272 g/mol. The molecule has 1 unspecified atom stereocenters. The number of fused-ring (bicyclic) bond motifs is 3. The molecule has 4 nitrogen and oxygen atoms in total. The third-order valence-electron chi connectivity index (χ3n) is 4.64. The Morgan fingerprint density at radius 3 is 2.91 bits per heavy atom. The van der Waals surface area contributed by atoms with Crippen LogP contribution in [-0.2, 0) is 6.42 Å². The zero-order chi connectivity index (χ0) is 15.3. The molecule has 4 heteroatoms. The van der Waals surface area contributed by atoms with Crippen molar-refractivity contribution >= 4 is 10.9 Å². The lowest BCUT2D eigenvalue weighted by Crippen LogP contribution is -2.23. The summed E-state index contributed by atoms with van der Waals surface area (Å²) in [5, 5.41) is 10.3. The summed E-state index contributed by atoms with van der Waals surface area (Å²) < 4.78 is 2.19. The molecule has 0 bridgehead atoms. The van der Waals surface area contributed by atoms with Gasteiger partial charge in [0.1, 0.15) is 5.82 Å². The molecule has 4 rings (SSSR count). The summed E-state index contributed by atoms with van der Waals surface area (Å²) in [5.41, 5.74) is 10.6. The van der Waals surface area contributed by atoms with Crippen LogP contribution in [0.25, 0.3) is 16.7 Å². The van der Waals surface area contributed by atoms with E-state index in [-0.39, 0.29) is 12.0 Å². The van der Waals surface area contributed by atoms with Gasteiger partial charge in [-0.1, -0.05) is 13.0 Å². The van der Waals surface area contributed by atoms with Crippen molar-refractivity contribution in [3.05, 3.63) is 59.4 Å². The van der Waals surface area contributed by atoms with Crippen molar-refractivity contribution in [2.45, 2.75) is 25.3 Å². The van der Waals surface area contributed by atoms with E-state index in [0.717, 1.165) is 23.1 Å². The van der Waals surface area contributed by atoms with E-state index in [1.807, 2.05) is 36.4 Å². The molecule has 2 heterocycles. The summed E-state index contributed by atoms with van der Waals surface area (Å²) in [4.78, 5) is 4.50. The van der Waals surface area contributed by atoms with E-state index >= 15 is 0 Å². The maximum absolute atomic E-state index is 9.19. The van der Waals surface area contributed by atoms with Crippen LogP contribution in [0.15, 0.2) is 42.6 Å². The van der Waals surface area contributed by atoms with Gasteiger partial charge in [0.05, 0.1) is 17.1 Å². The Hall–Kier alpha value is -2.64. The minimum absolute atomic E-state index is 0.120. The van der Waals surface area contributed by atoms with Crippen LogP contribution in [0.3, 0.4) is 0 Å². The lowest BCUT2D eigenvalue weighted by atomic mass is 9.98. The van der Waals surface area contributed by atoms with Gasteiger partial charge in [0.2, 0.25) is 0 Å². The van der Waals surface area contributed by atoms with Gasteiger partial charge in [0.15, 0.2) is 0 Å². The minimum atomic E-state index is 0.120. The molecule has 0 amide bonds. The van der Waals surface area contributed by atoms with Gasteiger partial charge in [-0.2, -0.15) is 5.26 Å². The molecule has 1 aliphatic carbocycles. The van der Waals surface area contributed by atoms with Crippen molar-refractivity contribution < 1.29 is 0 Å². The quantitative estimate of drug-likeness (QED) is 0.748. The molecule has 22 heavy (non-hydrogen) atoms. The average Bonchev–Trinajstić information content (AvgIpc) is 3.02. The lowest BCUT2D eigenvalue weighted by Gasteiger charge is -2.12. The summed E-state index contributed by atoms with van der Waals surface area (Å²) >= 11 is 0. The maximum atomic E-state index is 9.19. The highest BCUT2D eigenvalue weighted by molar-refractivity contribution is 5.89. The lowest BCUT2D eigenvalue weighted by molar-refractivity contribution is 0.611. The molecule has 2 aromatic heterocycles. The molecule has 0 radical (unpaired) electrons. The zero-order valence-corrected chi connectivity index (χ0v) is 12.3. The topological polar surface area (TPSA) is 67.6 Å². The first-order chi connectivity index (χ1) is 10.7. The fraction of sp³-hybridized carbons (Fsp3) is 0.222. The van der Waals surface area contributed by atoms with Gasteiger partial charge in [-0.05, 0) is 41.8 Å². The molecule has 0 saturated carbocycles. The van der Waals surface area contributed by atoms with Gasteiger partial charge in [-0.15, -0.1) is 0 Å². The van der Waals surface area contributed by atoms with Gasteiger partial charge >= 0.3 is 0 Å². The third-order valence-corrected chi connectivity index (χ3v) is 4.64. The van der Waals surface area contributed by atoms with Crippen LogP contribution in [0.4, 0.5) is 0 Å². The Morgan fingerprint density at radius 2 is 2.18 bits per heavy atom. The molecule has 1 aromatic carbocycles. The second-order valence-electron chi connectivity index (χ2n) is 5.88. The molecule has 0 saturated heterocycles. The standard InChI is InChI=1S/C18H16N4/c1-11-14(20)9-16-18(11)13-8-12(10-19)5-6-15(13)22(16)17-4-2-3-7-21-17/h2-8,11,14H,9,20H2,1H3/t11-,14?/m1/s1. The van der Waals surface area contributed by atoms with E-state index in [1.54, 1.807) is 6.20 Å². The van der Waals surface area contributed by atoms with Crippen molar-refractivity contribution in [2.24, 2.45) is 5.73 Å². The first-order valence-electron chi connectivity index (χ1n) is 7.45. The van der Waals surface area contributed by atoms with Gasteiger partial charge in [-0.25, -0.2) is 4.98 Å². The van der Waals surface area contributed by atoms with Crippen LogP contribution in [0, 0.1) is 11.3 Å². The van der Waals surface area contributed by atoms with E-state index < -0.39 is 0 Å². The number of rotatable bonds is 1. The highest BCUT2D eigenvalue weighted by Gasteiger charge is 2.33. The van der Waals surface area contributed by atoms with Crippen molar-refractivity contribution in [1.29, 1.82) is 5.26 Å². The largest absolute Gasteiger partial charge is 0.327 e. The molecule has 0 spiro atoms. The molecule has 1 aliphatic rings. The molecule has 3 aromatic rings. The van der Waals surface area contributed by atoms with Crippen LogP contribution in [0.5, 0.6) is 0 Å². The zero-order valence-electron chi connectivity index (χ0n) is 12.3. The van der Waals surface area contributed by atoms with Crippen molar-refractivity contribution in [2.75, 3.05) is 0 Å². The molecule has 0 fully saturated rings. The average molecular weight is 288 g/mol. The Morgan fingerprint density at radius 1 is 1.32 bits per heavy atom. The molecule has 0 aliphatic heterocycles. The number of hydrogen-bond donors (Lipinski definition) is 1. The Balaban J connectivity index is 2.10. The van der Waals surface area contributed by atoms with E-state index in [2.05, 4.69) is 22.5 Å². The van der Waals surface area contributed by atoms with Gasteiger partial charge in [0, 0.05) is 29.7 Å². The van der Waals surface area contributed by atoms with E-state index in [9.17, 15) is 5.26 Å². The number of aromatic nitrogens is 2. The van der Waals surface area contributed by atoms with Crippen LogP contribution in [0.1, 0.15) is 29.7 Å². The monoisotopic (exact) mass is 288 g/mol. The number of nitrogens with two attached hydrogens (primary N) is 1. The van der Waals surface area contributed by atoms with Gasteiger partial charge < -0.3 is 5.73 Å². The molecule has 2 N–H and O–H groups in total. The number of pyridine rings is 1. The van der Waals surface area contributed by atoms with Gasteiger partial charge in [0.25, 0.3) is 0 Å². The second kappa shape index (κ2) is 4.69. The van der Waals surface area contributed by atoms with Crippen LogP contribution < -0.4 is 5.73 Å². The van der Waals surface area contributed by atoms with E-state index in [4.69, 9.17) is 5.73 Å². The first kappa shape index (κ1) is 13.1. The van der Waals surface area contributed by atoms with E-state index in [0.29, 0.717) is 5.56 Å². The predicted octanol–water partition coefficient (Wildman–Crippen LogP) is 2.88. The Kier molecular flexibility index (Phi) is 2.78. The summed E-state index contributed by atoms with van der Waals surface area (Å²) in [6.45, 7) is 2.16. The molecule has 108 valence electrons. The summed E-state index contributed by atoms with van der Waals surface area (Å²) in [6.07, 6.45) is 2.64. The number of nitrogens with zero attached hydrogens (tertiary/aromatic N) is 3. The van der Waals surface area contributed by atoms with Crippen LogP contribution >= 0.6 is 0 Å². The van der Waals surface area contributed by atoms with Crippen molar-refractivity contribution in [3.8, 4) is 11.9 Å². The summed E-state index contributed by atoms with van der Waals surface area (Å²) in [7, 11) is 0. The van der Waals surface area contributed by atoms with Crippen LogP contribution in [0.2, 0.25) is 0 Å². The minimum Gasteiger partial charge on any atom is -0.327 e. The second-order valence-corrected chi connectivity index (χ2v) is 5.88. The van der Waals surface area contributed by atoms with E-state index in [1.165, 1.54) is 11.3 Å². The summed E-state index contributed by atoms with van der Waals surface area (Å²) in [6, 6.07) is 14.1. The summed E-state index contributed by atoms with van der Waals surface area (Å²) in [5.74, 6) is 1.19. The van der Waals surface area contributed by atoms with Gasteiger partial charge in [-0.3, -0.25) is 4.57 Å². The highest BCUT2D eigenvalue weighted by Crippen LogP contribution is 2.41. The van der Waals surface area contributed by atoms with Crippen LogP contribution in [-0.4, -0.2) is 15.6 Å². The number of benzene rings is 1. The highest BCUT2D eigenvalue weighted by atomic mass is 15.1. The smallest absolute Gasteiger partial charge is 0.137 e. The fourth-order valence-corrected chi connectivity index (χ4v) is 3.51. The maximum Gasteiger partial charge on any atom is 0.137 e. The molecular formula is C18H16N4. The third kappa shape index (κ3) is 1.69.